The Kier molecular flexibility index (Phi) is 2.65. The fraction of sp³-hybridized carbons (Fsp3) is 0.222. The molecule has 1 rings (SSSR count). The third-order valence-electron chi connectivity index (χ3n) is 1.49. The van der Waals surface area contributed by atoms with Gasteiger partial charge >= 0.3 is 5.97 Å². The highest BCUT2D eigenvalue weighted by molar-refractivity contribution is 7.11. The van der Waals surface area contributed by atoms with Crippen LogP contribution in [0.5, 0.6) is 0 Å². The van der Waals surface area contributed by atoms with Crippen LogP contribution in [0.4, 0.5) is 0 Å². The van der Waals surface area contributed by atoms with E-state index in [0.29, 0.717) is 6.42 Å². The Balaban J connectivity index is 2.64. The molecule has 0 saturated heterocycles. The molecule has 0 spiro atoms. The predicted octanol–water partition coefficient (Wildman–Crippen LogP) is 2.24. The van der Waals surface area contributed by atoms with Crippen molar-refractivity contribution in [1.82, 2.24) is 0 Å². The Morgan fingerprint density at radius 1 is 1.67 bits per heavy atom. The van der Waals surface area contributed by atoms with Crippen molar-refractivity contribution < 1.29 is 9.90 Å². The van der Waals surface area contributed by atoms with E-state index in [4.69, 9.17) is 5.11 Å². The Morgan fingerprint density at radius 3 is 2.75 bits per heavy atom. The number of thiophene rings is 1. The summed E-state index contributed by atoms with van der Waals surface area (Å²) >= 11 is 1.61. The summed E-state index contributed by atoms with van der Waals surface area (Å²) in [5.41, 5.74) is 0.247. The second kappa shape index (κ2) is 3.54. The van der Waals surface area contributed by atoms with E-state index in [0.717, 1.165) is 4.88 Å². The molecule has 1 aromatic rings. The van der Waals surface area contributed by atoms with Crippen LogP contribution >= 0.6 is 11.3 Å². The molecule has 64 valence electrons. The minimum Gasteiger partial charge on any atom is -0.478 e. The van der Waals surface area contributed by atoms with Crippen LogP contribution < -0.4 is 0 Å². The molecule has 0 amide bonds. The Morgan fingerprint density at radius 2 is 2.33 bits per heavy atom. The van der Waals surface area contributed by atoms with Gasteiger partial charge in [-0.15, -0.1) is 11.3 Å². The molecule has 1 aromatic heterocycles. The van der Waals surface area contributed by atoms with Crippen molar-refractivity contribution in [2.75, 3.05) is 0 Å². The Labute approximate surface area is 75.2 Å². The van der Waals surface area contributed by atoms with Crippen LogP contribution in [0.1, 0.15) is 9.75 Å². The maximum Gasteiger partial charge on any atom is 0.331 e. The molecule has 0 aromatic carbocycles. The maximum atomic E-state index is 10.4. The summed E-state index contributed by atoms with van der Waals surface area (Å²) < 4.78 is 0. The van der Waals surface area contributed by atoms with Crippen molar-refractivity contribution >= 4 is 17.3 Å². The summed E-state index contributed by atoms with van der Waals surface area (Å²) in [7, 11) is 0. The summed E-state index contributed by atoms with van der Waals surface area (Å²) in [5, 5.41) is 8.56. The van der Waals surface area contributed by atoms with Gasteiger partial charge in [-0.3, -0.25) is 0 Å². The Bertz CT molecular complexity index is 312. The summed E-state index contributed by atoms with van der Waals surface area (Å²) in [5.74, 6) is -0.916. The van der Waals surface area contributed by atoms with Gasteiger partial charge in [0.15, 0.2) is 0 Å². The van der Waals surface area contributed by atoms with Crippen molar-refractivity contribution in [2.24, 2.45) is 0 Å². The average Bonchev–Trinajstić information content (AvgIpc) is 2.35. The molecule has 1 heterocycles. The van der Waals surface area contributed by atoms with E-state index in [1.807, 2.05) is 19.1 Å². The number of rotatable bonds is 3. The summed E-state index contributed by atoms with van der Waals surface area (Å²) in [6.45, 7) is 5.46. The summed E-state index contributed by atoms with van der Waals surface area (Å²) in [4.78, 5) is 12.7. The van der Waals surface area contributed by atoms with Crippen molar-refractivity contribution in [2.45, 2.75) is 13.3 Å². The van der Waals surface area contributed by atoms with Gasteiger partial charge in [0.1, 0.15) is 0 Å². The minimum atomic E-state index is -0.916. The zero-order valence-electron chi connectivity index (χ0n) is 6.83. The quantitative estimate of drug-likeness (QED) is 0.728. The zero-order chi connectivity index (χ0) is 9.14. The average molecular weight is 182 g/mol. The summed E-state index contributed by atoms with van der Waals surface area (Å²) in [6, 6.07) is 3.92. The molecule has 0 unspecified atom stereocenters. The molecule has 0 fully saturated rings. The first-order valence-electron chi connectivity index (χ1n) is 3.56. The molecule has 0 radical (unpaired) electrons. The fourth-order valence-corrected chi connectivity index (χ4v) is 1.80. The lowest BCUT2D eigenvalue weighted by atomic mass is 10.2. The van der Waals surface area contributed by atoms with Crippen molar-refractivity contribution in [3.8, 4) is 0 Å². The molecule has 0 aliphatic rings. The molecule has 0 saturated carbocycles. The van der Waals surface area contributed by atoms with Gasteiger partial charge in [0.05, 0.1) is 0 Å². The van der Waals surface area contributed by atoms with Gasteiger partial charge in [-0.2, -0.15) is 0 Å². The lowest BCUT2D eigenvalue weighted by Crippen LogP contribution is -2.00. The van der Waals surface area contributed by atoms with Gasteiger partial charge in [-0.1, -0.05) is 6.58 Å². The smallest absolute Gasteiger partial charge is 0.331 e. The summed E-state index contributed by atoms with van der Waals surface area (Å²) in [6.07, 6.45) is 0.452. The fourth-order valence-electron chi connectivity index (χ4n) is 0.866. The van der Waals surface area contributed by atoms with E-state index in [2.05, 4.69) is 6.58 Å². The first kappa shape index (κ1) is 9.00. The van der Waals surface area contributed by atoms with Gasteiger partial charge in [0.25, 0.3) is 0 Å². The molecule has 0 atom stereocenters. The molecule has 1 N–H and O–H groups in total. The second-order valence-electron chi connectivity index (χ2n) is 2.60. The van der Waals surface area contributed by atoms with Gasteiger partial charge in [0, 0.05) is 21.7 Å². The Hall–Kier alpha value is -1.09. The van der Waals surface area contributed by atoms with Gasteiger partial charge in [0.2, 0.25) is 0 Å². The van der Waals surface area contributed by atoms with Gasteiger partial charge < -0.3 is 5.11 Å². The third kappa shape index (κ3) is 2.20. The molecule has 0 aliphatic heterocycles. The van der Waals surface area contributed by atoms with Crippen molar-refractivity contribution in [1.29, 1.82) is 0 Å². The van der Waals surface area contributed by atoms with E-state index in [1.54, 1.807) is 11.3 Å². The van der Waals surface area contributed by atoms with Crippen LogP contribution in [-0.2, 0) is 11.2 Å². The molecule has 2 nitrogen and oxygen atoms in total. The monoisotopic (exact) mass is 182 g/mol. The van der Waals surface area contributed by atoms with E-state index < -0.39 is 5.97 Å². The van der Waals surface area contributed by atoms with Crippen LogP contribution in [0.25, 0.3) is 0 Å². The number of hydrogen-bond donors (Lipinski definition) is 1. The zero-order valence-corrected chi connectivity index (χ0v) is 7.65. The lowest BCUT2D eigenvalue weighted by molar-refractivity contribution is -0.132. The van der Waals surface area contributed by atoms with E-state index in [1.165, 1.54) is 4.88 Å². The highest BCUT2D eigenvalue weighted by atomic mass is 32.1. The molecular weight excluding hydrogens is 172 g/mol. The SMILES string of the molecule is C=C(Cc1ccc(C)s1)C(=O)O. The third-order valence-corrected chi connectivity index (χ3v) is 2.49. The van der Waals surface area contributed by atoms with Crippen molar-refractivity contribution in [3.63, 3.8) is 0 Å². The van der Waals surface area contributed by atoms with Crippen LogP contribution in [0.2, 0.25) is 0 Å². The predicted molar refractivity (Wildman–Crippen MR) is 49.5 cm³/mol. The standard InChI is InChI=1S/C9H10O2S/c1-6(9(10)11)5-8-4-3-7(2)12-8/h3-4H,1,5H2,2H3,(H,10,11). The highest BCUT2D eigenvalue weighted by Crippen LogP contribution is 2.17. The van der Waals surface area contributed by atoms with Crippen LogP contribution in [0.15, 0.2) is 24.3 Å². The molecular formula is C9H10O2S. The van der Waals surface area contributed by atoms with E-state index in [-0.39, 0.29) is 5.57 Å². The minimum absolute atomic E-state index is 0.247. The van der Waals surface area contributed by atoms with Crippen LogP contribution in [0.3, 0.4) is 0 Å². The second-order valence-corrected chi connectivity index (χ2v) is 3.97. The van der Waals surface area contributed by atoms with Crippen LogP contribution in [0, 0.1) is 6.92 Å². The number of carboxylic acids is 1. The highest BCUT2D eigenvalue weighted by Gasteiger charge is 2.05. The first-order chi connectivity index (χ1) is 5.59. The largest absolute Gasteiger partial charge is 0.478 e. The molecule has 3 heteroatoms. The normalized spacial score (nSPS) is 9.75. The van der Waals surface area contributed by atoms with Crippen LogP contribution in [-0.4, -0.2) is 11.1 Å². The number of aliphatic carboxylic acids is 1. The number of aryl methyl sites for hydroxylation is 1. The number of carbonyl (C=O) groups is 1. The number of carboxylic acid groups (broad SMARTS) is 1. The van der Waals surface area contributed by atoms with Crippen molar-refractivity contribution in [3.05, 3.63) is 34.0 Å². The molecule has 0 bridgehead atoms. The molecule has 12 heavy (non-hydrogen) atoms. The topological polar surface area (TPSA) is 37.3 Å². The number of hydrogen-bond acceptors (Lipinski definition) is 2. The lowest BCUT2D eigenvalue weighted by Gasteiger charge is -1.95. The van der Waals surface area contributed by atoms with Gasteiger partial charge in [-0.05, 0) is 19.1 Å². The van der Waals surface area contributed by atoms with E-state index >= 15 is 0 Å². The van der Waals surface area contributed by atoms with E-state index in [9.17, 15) is 4.79 Å². The first-order valence-corrected chi connectivity index (χ1v) is 4.37. The molecule has 0 aliphatic carbocycles. The maximum absolute atomic E-state index is 10.4. The van der Waals surface area contributed by atoms with Gasteiger partial charge in [-0.25, -0.2) is 4.79 Å².